The number of aryl methyl sites for hydroxylation is 1. The Kier molecular flexibility index (Phi) is 7.42. The van der Waals surface area contributed by atoms with Crippen LogP contribution in [0.5, 0.6) is 0 Å². The fraction of sp³-hybridized carbons (Fsp3) is 0.476. The summed E-state index contributed by atoms with van der Waals surface area (Å²) < 4.78 is 34.9. The number of hydrogen-bond acceptors (Lipinski definition) is 10. The van der Waals surface area contributed by atoms with Crippen molar-refractivity contribution in [1.82, 2.24) is 19.6 Å². The summed E-state index contributed by atoms with van der Waals surface area (Å²) in [5.74, 6) is -0.941. The number of aromatic nitrogens is 4. The molecule has 206 valence electrons. The number of halogens is 1. The van der Waals surface area contributed by atoms with E-state index in [1.807, 2.05) is 24.1 Å². The average molecular weight is 590 g/mol. The van der Waals surface area contributed by atoms with Gasteiger partial charge in [-0.3, -0.25) is 9.13 Å². The summed E-state index contributed by atoms with van der Waals surface area (Å²) in [5, 5.41) is 25.3. The quantitative estimate of drug-likeness (QED) is 0.236. The lowest BCUT2D eigenvalue weighted by Gasteiger charge is -2.26. The minimum atomic E-state index is -4.83. The Morgan fingerprint density at radius 3 is 2.68 bits per heavy atom. The van der Waals surface area contributed by atoms with Gasteiger partial charge in [0, 0.05) is 7.05 Å². The molecule has 3 aromatic rings. The van der Waals surface area contributed by atoms with Crippen molar-refractivity contribution in [3.05, 3.63) is 52.6 Å². The minimum Gasteiger partial charge on any atom is -0.387 e. The molecule has 1 aliphatic carbocycles. The molecule has 2 aliphatic rings. The monoisotopic (exact) mass is 589 g/mol. The van der Waals surface area contributed by atoms with E-state index in [1.165, 1.54) is 21.8 Å². The predicted octanol–water partition coefficient (Wildman–Crippen LogP) is 1.40. The van der Waals surface area contributed by atoms with Crippen LogP contribution in [0.4, 0.5) is 5.82 Å². The molecule has 1 aliphatic heterocycles. The van der Waals surface area contributed by atoms with E-state index in [0.29, 0.717) is 11.5 Å². The number of anilines is 1. The first-order chi connectivity index (χ1) is 17.8. The van der Waals surface area contributed by atoms with Gasteiger partial charge >= 0.3 is 15.2 Å². The molecule has 0 bridgehead atoms. The van der Waals surface area contributed by atoms with Crippen molar-refractivity contribution in [2.45, 2.75) is 43.3 Å². The molecule has 0 spiro atoms. The zero-order valence-electron chi connectivity index (χ0n) is 20.0. The highest BCUT2D eigenvalue weighted by Crippen LogP contribution is 2.55. The number of nitrogens with zero attached hydrogens (tertiary/aromatic N) is 5. The van der Waals surface area contributed by atoms with Crippen molar-refractivity contribution < 1.29 is 43.3 Å². The molecule has 1 fully saturated rings. The zero-order chi connectivity index (χ0) is 27.4. The van der Waals surface area contributed by atoms with Crippen LogP contribution < -0.4 is 4.90 Å². The Balaban J connectivity index is 1.40. The summed E-state index contributed by atoms with van der Waals surface area (Å²) in [4.78, 5) is 38.4. The van der Waals surface area contributed by atoms with Gasteiger partial charge in [-0.05, 0) is 35.6 Å². The Morgan fingerprint density at radius 2 is 1.95 bits per heavy atom. The van der Waals surface area contributed by atoms with Crippen LogP contribution in [0.15, 0.2) is 30.5 Å². The van der Waals surface area contributed by atoms with Gasteiger partial charge in [0.05, 0.1) is 24.5 Å². The van der Waals surface area contributed by atoms with E-state index in [-0.39, 0.29) is 17.0 Å². The van der Waals surface area contributed by atoms with Crippen molar-refractivity contribution >= 4 is 38.3 Å². The highest BCUT2D eigenvalue weighted by molar-refractivity contribution is 7.70. The van der Waals surface area contributed by atoms with Crippen molar-refractivity contribution in [2.75, 3.05) is 24.5 Å². The Bertz CT molecular complexity index is 1450. The molecule has 17 heteroatoms. The molecule has 38 heavy (non-hydrogen) atoms. The van der Waals surface area contributed by atoms with Crippen molar-refractivity contribution in [3.63, 3.8) is 0 Å². The third-order valence-corrected chi connectivity index (χ3v) is 10.3. The molecule has 14 nitrogen and oxygen atoms in total. The topological polar surface area (TPSA) is 200 Å². The van der Waals surface area contributed by atoms with E-state index in [4.69, 9.17) is 30.6 Å². The lowest BCUT2D eigenvalue weighted by atomic mass is 10.1. The minimum absolute atomic E-state index is 0.0279. The van der Waals surface area contributed by atoms with Gasteiger partial charge in [0.1, 0.15) is 24.4 Å². The van der Waals surface area contributed by atoms with Gasteiger partial charge in [-0.15, -0.1) is 5.10 Å². The highest BCUT2D eigenvalue weighted by atomic mass is 35.5. The third kappa shape index (κ3) is 5.39. The first-order valence-corrected chi connectivity index (χ1v) is 15.5. The summed E-state index contributed by atoms with van der Waals surface area (Å²) in [6.07, 6.45) is -2.33. The van der Waals surface area contributed by atoms with Crippen LogP contribution in [0.25, 0.3) is 5.65 Å². The fourth-order valence-corrected chi connectivity index (χ4v) is 7.69. The lowest BCUT2D eigenvalue weighted by molar-refractivity contribution is -0.0204. The first kappa shape index (κ1) is 27.6. The normalized spacial score (nSPS) is 27.0. The second-order valence-corrected chi connectivity index (χ2v) is 13.6. The fourth-order valence-electron chi connectivity index (χ4n) is 4.97. The Morgan fingerprint density at radius 1 is 1.21 bits per heavy atom. The van der Waals surface area contributed by atoms with Gasteiger partial charge in [0.25, 0.3) is 0 Å². The molecule has 1 unspecified atom stereocenters. The second-order valence-electron chi connectivity index (χ2n) is 9.30. The molecule has 0 amide bonds. The van der Waals surface area contributed by atoms with Crippen molar-refractivity contribution in [3.8, 4) is 0 Å². The van der Waals surface area contributed by atoms with E-state index in [1.54, 1.807) is 0 Å². The molecular formula is C21H26ClN5O9P2. The predicted molar refractivity (Wildman–Crippen MR) is 134 cm³/mol. The van der Waals surface area contributed by atoms with Gasteiger partial charge in [-0.1, -0.05) is 24.3 Å². The van der Waals surface area contributed by atoms with E-state index < -0.39 is 52.1 Å². The van der Waals surface area contributed by atoms with Crippen LogP contribution in [0.2, 0.25) is 5.28 Å². The molecular weight excluding hydrogens is 564 g/mol. The number of aliphatic hydroxyl groups is 2. The van der Waals surface area contributed by atoms with Crippen molar-refractivity contribution in [2.24, 2.45) is 0 Å². The van der Waals surface area contributed by atoms with Gasteiger partial charge in [-0.25, -0.2) is 9.50 Å². The molecule has 3 heterocycles. The molecule has 5 N–H and O–H groups in total. The maximum atomic E-state index is 12.0. The lowest BCUT2D eigenvalue weighted by Crippen LogP contribution is -2.33. The molecule has 0 radical (unpaired) electrons. The maximum absolute atomic E-state index is 12.0. The molecule has 5 rings (SSSR count). The number of rotatable bonds is 8. The number of hydrogen-bond donors (Lipinski definition) is 5. The van der Waals surface area contributed by atoms with Gasteiger partial charge < -0.3 is 39.1 Å². The van der Waals surface area contributed by atoms with Crippen LogP contribution in [-0.2, 0) is 24.8 Å². The number of benzene rings is 1. The standard InChI is InChI=1S/C21H26ClN5O9P2/c1-26(13-7-6-11-4-2-3-5-12(11)13)20-19-23-8-14(27(19)25-21(22)24-20)18-17(29)16(28)15(36-18)9-35-38(33,34)10-37(30,31)32/h2-5,8,13,15-18,28-29H,6-7,9-10H2,1H3,(H,33,34)(H2,30,31,32)/t13-,15-,16-,17-,18+/m1/s1. The number of fused-ring (bicyclic) bond motifs is 2. The van der Waals surface area contributed by atoms with Gasteiger partial charge in [-0.2, -0.15) is 4.98 Å². The largest absolute Gasteiger partial charge is 0.387 e. The number of ether oxygens (including phenoxy) is 1. The molecule has 2 aromatic heterocycles. The molecule has 0 saturated carbocycles. The van der Waals surface area contributed by atoms with Crippen LogP contribution >= 0.6 is 26.8 Å². The van der Waals surface area contributed by atoms with Gasteiger partial charge in [0.2, 0.25) is 5.28 Å². The zero-order valence-corrected chi connectivity index (χ0v) is 22.5. The van der Waals surface area contributed by atoms with Crippen LogP contribution in [0.1, 0.15) is 35.4 Å². The van der Waals surface area contributed by atoms with Crippen LogP contribution in [0.3, 0.4) is 0 Å². The summed E-state index contributed by atoms with van der Waals surface area (Å²) >= 11 is 6.26. The van der Waals surface area contributed by atoms with E-state index in [2.05, 4.69) is 27.2 Å². The molecule has 1 saturated heterocycles. The second kappa shape index (κ2) is 10.2. The number of imidazole rings is 1. The summed E-state index contributed by atoms with van der Waals surface area (Å²) in [7, 11) is -7.64. The summed E-state index contributed by atoms with van der Waals surface area (Å²) in [6, 6.07) is 8.16. The summed E-state index contributed by atoms with van der Waals surface area (Å²) in [5.41, 5.74) is 3.00. The Hall–Kier alpha value is -1.96. The van der Waals surface area contributed by atoms with E-state index >= 15 is 0 Å². The number of aliphatic hydroxyl groups excluding tert-OH is 2. The van der Waals surface area contributed by atoms with Crippen LogP contribution in [-0.4, -0.2) is 82.3 Å². The summed E-state index contributed by atoms with van der Waals surface area (Å²) in [6.45, 7) is -0.704. The average Bonchev–Trinajstić information content (AvgIpc) is 3.52. The third-order valence-electron chi connectivity index (χ3n) is 6.71. The van der Waals surface area contributed by atoms with Crippen LogP contribution in [0, 0.1) is 0 Å². The van der Waals surface area contributed by atoms with E-state index in [0.717, 1.165) is 12.8 Å². The van der Waals surface area contributed by atoms with Gasteiger partial charge in [0.15, 0.2) is 17.4 Å². The SMILES string of the molecule is CN(c1nc(Cl)nn2c([C@@H]3O[C@H](COP(=O)(O)CP(=O)(O)O)[C@@H](O)[C@H]3O)cnc12)[C@@H]1CCc2ccccc21. The first-order valence-electron chi connectivity index (χ1n) is 11.6. The smallest absolute Gasteiger partial charge is 0.340 e. The van der Waals surface area contributed by atoms with Crippen molar-refractivity contribution in [1.29, 1.82) is 0 Å². The Labute approximate surface area is 221 Å². The highest BCUT2D eigenvalue weighted by Gasteiger charge is 2.46. The van der Waals surface area contributed by atoms with E-state index in [9.17, 15) is 24.2 Å². The maximum Gasteiger partial charge on any atom is 0.340 e. The molecule has 6 atom stereocenters. The molecule has 1 aromatic carbocycles.